The van der Waals surface area contributed by atoms with Crippen LogP contribution in [-0.2, 0) is 19.1 Å². The minimum atomic E-state index is -0.528. The van der Waals surface area contributed by atoms with Crippen LogP contribution in [0.4, 0.5) is 0 Å². The molecule has 0 saturated heterocycles. The summed E-state index contributed by atoms with van der Waals surface area (Å²) in [4.78, 5) is 32.0. The number of rotatable bonds is 6. The summed E-state index contributed by atoms with van der Waals surface area (Å²) in [5.41, 5.74) is 4.15. The topological polar surface area (TPSA) is 99.1 Å². The lowest BCUT2D eigenvalue weighted by molar-refractivity contribution is -0.178. The molecule has 1 N–H and O–H groups in total. The van der Waals surface area contributed by atoms with Crippen LogP contribution >= 0.6 is 0 Å². The lowest BCUT2D eigenvalue weighted by atomic mass is 9.35. The van der Waals surface area contributed by atoms with Gasteiger partial charge in [0.15, 0.2) is 11.5 Å². The number of ether oxygens (including phenoxy) is 3. The zero-order valence-corrected chi connectivity index (χ0v) is 33.2. The Balaban J connectivity index is 0.000000250. The normalized spacial score (nSPS) is 38.1. The van der Waals surface area contributed by atoms with Crippen LogP contribution in [-0.4, -0.2) is 43.2 Å². The molecule has 7 nitrogen and oxygen atoms in total. The number of carbonyl (C=O) groups is 3. The Bertz CT molecular complexity index is 1460. The number of hydrogen-bond acceptors (Lipinski definition) is 7. The number of methoxy groups -OCH3 is 1. The number of esters is 2. The lowest BCUT2D eigenvalue weighted by Gasteiger charge is -2.70. The van der Waals surface area contributed by atoms with E-state index in [0.717, 1.165) is 30.8 Å². The van der Waals surface area contributed by atoms with Crippen molar-refractivity contribution in [2.24, 2.45) is 51.2 Å². The molecule has 0 bridgehead atoms. The van der Waals surface area contributed by atoms with Crippen LogP contribution < -0.4 is 9.47 Å². The largest absolute Gasteiger partial charge is 0.423 e. The summed E-state index contributed by atoms with van der Waals surface area (Å²) < 4.78 is 15.4. The first-order chi connectivity index (χ1) is 24.1. The van der Waals surface area contributed by atoms with Gasteiger partial charge in [-0.2, -0.15) is 0 Å². The molecule has 1 aromatic carbocycles. The van der Waals surface area contributed by atoms with Gasteiger partial charge in [0, 0.05) is 27.6 Å². The van der Waals surface area contributed by atoms with E-state index in [1.165, 1.54) is 95.9 Å². The summed E-state index contributed by atoms with van der Waals surface area (Å²) >= 11 is 0. The van der Waals surface area contributed by atoms with Gasteiger partial charge in [-0.05, 0) is 139 Å². The fourth-order valence-electron chi connectivity index (χ4n) is 11.5. The van der Waals surface area contributed by atoms with E-state index >= 15 is 0 Å². The monoisotopic (exact) mass is 706 g/mol. The maximum Gasteiger partial charge on any atom is 0.308 e. The van der Waals surface area contributed by atoms with Crippen LogP contribution in [0, 0.1) is 51.2 Å². The minimum absolute atomic E-state index is 0.0805. The van der Waals surface area contributed by atoms with Crippen molar-refractivity contribution in [2.75, 3.05) is 13.7 Å². The molecule has 4 fully saturated rings. The van der Waals surface area contributed by atoms with Crippen molar-refractivity contribution in [1.82, 2.24) is 0 Å². The number of aldehydes is 1. The van der Waals surface area contributed by atoms with E-state index in [9.17, 15) is 19.5 Å². The molecule has 0 spiro atoms. The second kappa shape index (κ2) is 16.5. The molecule has 51 heavy (non-hydrogen) atoms. The molecule has 10 unspecified atom stereocenters. The highest BCUT2D eigenvalue weighted by Gasteiger charge is 2.66. The Kier molecular flexibility index (Phi) is 13.3. The summed E-state index contributed by atoms with van der Waals surface area (Å²) in [6.07, 6.45) is 19.2. The first kappa shape index (κ1) is 41.0. The maximum absolute atomic E-state index is 10.9. The van der Waals surface area contributed by atoms with E-state index in [1.807, 2.05) is 26.5 Å². The molecule has 5 aliphatic carbocycles. The molecule has 4 saturated carbocycles. The van der Waals surface area contributed by atoms with Gasteiger partial charge in [0.1, 0.15) is 6.29 Å². The number of allylic oxidation sites excluding steroid dienone is 3. The molecular weight excluding hydrogens is 640 g/mol. The van der Waals surface area contributed by atoms with Crippen molar-refractivity contribution < 1.29 is 33.7 Å². The average Bonchev–Trinajstić information content (AvgIpc) is 3.08. The number of benzene rings is 1. The molecule has 5 aliphatic rings. The van der Waals surface area contributed by atoms with Crippen molar-refractivity contribution >= 4 is 24.3 Å². The van der Waals surface area contributed by atoms with E-state index in [1.54, 1.807) is 6.07 Å². The highest BCUT2D eigenvalue weighted by molar-refractivity contribution is 5.77. The molecule has 0 aliphatic heterocycles. The van der Waals surface area contributed by atoms with Gasteiger partial charge in [0.25, 0.3) is 0 Å². The smallest absolute Gasteiger partial charge is 0.308 e. The van der Waals surface area contributed by atoms with Crippen LogP contribution in [0.3, 0.4) is 0 Å². The third kappa shape index (κ3) is 7.95. The van der Waals surface area contributed by atoms with Gasteiger partial charge < -0.3 is 19.3 Å². The summed E-state index contributed by atoms with van der Waals surface area (Å²) in [5.74, 6) is 2.67. The van der Waals surface area contributed by atoms with Gasteiger partial charge in [-0.25, -0.2) is 0 Å². The molecule has 0 amide bonds. The Morgan fingerprint density at radius 1 is 0.922 bits per heavy atom. The molecule has 0 heterocycles. The maximum atomic E-state index is 10.9. The van der Waals surface area contributed by atoms with Crippen molar-refractivity contribution in [2.45, 2.75) is 133 Å². The molecule has 0 aromatic heterocycles. The van der Waals surface area contributed by atoms with Crippen molar-refractivity contribution in [3.63, 3.8) is 0 Å². The lowest BCUT2D eigenvalue weighted by Crippen LogP contribution is -2.62. The van der Waals surface area contributed by atoms with Crippen molar-refractivity contribution in [3.8, 4) is 11.5 Å². The Morgan fingerprint density at radius 3 is 2.25 bits per heavy atom. The average molecular weight is 707 g/mol. The Hall–Kier alpha value is -2.77. The molecule has 284 valence electrons. The van der Waals surface area contributed by atoms with E-state index in [-0.39, 0.29) is 17.6 Å². The molecule has 6 rings (SSSR count). The van der Waals surface area contributed by atoms with E-state index in [2.05, 4.69) is 40.7 Å². The number of aliphatic hydroxyl groups excluding tert-OH is 1. The SMILES string of the molecule is CC.CC(=O)Oc1ccc(/C=C/C=O)cc1OC(C)=O.COCC1CCC2(C)CCC3(C)C(=CCC4C5(C)CCC(O)C(C)C5CCC43C)C2C1. The zero-order chi connectivity index (χ0) is 37.8. The minimum Gasteiger partial charge on any atom is -0.423 e. The van der Waals surface area contributed by atoms with Gasteiger partial charge in [0.2, 0.25) is 0 Å². The quantitative estimate of drug-likeness (QED) is 0.103. The highest BCUT2D eigenvalue weighted by Crippen LogP contribution is 2.74. The Morgan fingerprint density at radius 2 is 1.61 bits per heavy atom. The van der Waals surface area contributed by atoms with E-state index in [0.29, 0.717) is 45.3 Å². The molecule has 1 aromatic rings. The fourth-order valence-corrected chi connectivity index (χ4v) is 11.5. The van der Waals surface area contributed by atoms with Gasteiger partial charge in [-0.3, -0.25) is 14.4 Å². The van der Waals surface area contributed by atoms with Crippen LogP contribution in [0.15, 0.2) is 35.9 Å². The third-order valence-corrected chi connectivity index (χ3v) is 14.4. The zero-order valence-electron chi connectivity index (χ0n) is 33.2. The summed E-state index contributed by atoms with van der Waals surface area (Å²) in [6.45, 7) is 20.4. The summed E-state index contributed by atoms with van der Waals surface area (Å²) in [5, 5.41) is 10.6. The summed E-state index contributed by atoms with van der Waals surface area (Å²) in [6, 6.07) is 4.62. The van der Waals surface area contributed by atoms with Crippen molar-refractivity contribution in [3.05, 3.63) is 41.5 Å². The highest BCUT2D eigenvalue weighted by atomic mass is 16.6. The first-order valence-corrected chi connectivity index (χ1v) is 19.6. The number of hydrogen-bond donors (Lipinski definition) is 1. The van der Waals surface area contributed by atoms with Crippen LogP contribution in [0.2, 0.25) is 0 Å². The van der Waals surface area contributed by atoms with Crippen LogP contribution in [0.1, 0.15) is 132 Å². The second-order valence-corrected chi connectivity index (χ2v) is 17.0. The molecule has 10 atom stereocenters. The predicted molar refractivity (Wildman–Crippen MR) is 203 cm³/mol. The third-order valence-electron chi connectivity index (χ3n) is 14.4. The standard InChI is InChI=1S/C29H48O2.C13H12O5.C2H6/c1-19-21-10-14-29(5)25(27(21,3)13-11-24(19)30)8-7-22-23-17-20(18-31-6)9-12-26(23,2)15-16-28(22,29)4;1-9(15)17-12-6-5-11(4-3-7-14)8-13(12)18-10(2)16;1-2/h7,19-21,23-25,30H,8-18H2,1-6H3;3-8H,1-2H3;1-2H3/b;4-3+;. The molecular formula is C44H66O7. The Labute approximate surface area is 308 Å². The van der Waals surface area contributed by atoms with E-state index in [4.69, 9.17) is 14.2 Å². The second-order valence-electron chi connectivity index (χ2n) is 17.0. The molecule has 7 heteroatoms. The van der Waals surface area contributed by atoms with Gasteiger partial charge in [-0.1, -0.05) is 72.3 Å². The van der Waals surface area contributed by atoms with Gasteiger partial charge in [0.05, 0.1) is 6.10 Å². The van der Waals surface area contributed by atoms with Crippen molar-refractivity contribution in [1.29, 1.82) is 0 Å². The van der Waals surface area contributed by atoms with E-state index < -0.39 is 11.9 Å². The van der Waals surface area contributed by atoms with Gasteiger partial charge in [-0.15, -0.1) is 0 Å². The number of fused-ring (bicyclic) bond motifs is 7. The fraction of sp³-hybridized carbons (Fsp3) is 0.705. The predicted octanol–water partition coefficient (Wildman–Crippen LogP) is 9.79. The first-order valence-electron chi connectivity index (χ1n) is 19.6. The van der Waals surface area contributed by atoms with Gasteiger partial charge >= 0.3 is 11.9 Å². The number of aliphatic hydroxyl groups is 1. The number of carbonyl (C=O) groups excluding carboxylic acids is 3. The van der Waals surface area contributed by atoms with Crippen LogP contribution in [0.5, 0.6) is 11.5 Å². The summed E-state index contributed by atoms with van der Waals surface area (Å²) in [7, 11) is 1.88. The van der Waals surface area contributed by atoms with Crippen LogP contribution in [0.25, 0.3) is 6.08 Å². The molecule has 0 radical (unpaired) electrons.